The molecule has 3 rings (SSSR count). The van der Waals surface area contributed by atoms with Crippen molar-refractivity contribution in [1.82, 2.24) is 10.2 Å². The lowest BCUT2D eigenvalue weighted by atomic mass is 9.88. The summed E-state index contributed by atoms with van der Waals surface area (Å²) in [6, 6.07) is 7.87. The smallest absolute Gasteiger partial charge is 0.255 e. The zero-order valence-corrected chi connectivity index (χ0v) is 16.1. The first kappa shape index (κ1) is 19.1. The minimum atomic E-state index is -0.303. The summed E-state index contributed by atoms with van der Waals surface area (Å²) in [5.41, 5.74) is 1.44. The molecule has 1 heterocycles. The Morgan fingerprint density at radius 1 is 1.15 bits per heavy atom. The maximum atomic E-state index is 13.3. The summed E-state index contributed by atoms with van der Waals surface area (Å²) in [6.07, 6.45) is 1.19. The monoisotopic (exact) mass is 372 g/mol. The Balaban J connectivity index is 1.80. The van der Waals surface area contributed by atoms with Gasteiger partial charge in [-0.25, -0.2) is 4.39 Å². The van der Waals surface area contributed by atoms with E-state index in [1.165, 1.54) is 12.1 Å². The molecule has 0 aliphatic heterocycles. The number of hydrogen-bond acceptors (Lipinski definition) is 3. The van der Waals surface area contributed by atoms with Gasteiger partial charge in [-0.05, 0) is 56.4 Å². The standard InChI is InChI=1S/C21H25FN2O3/c1-12-9-17(13(2)27-12)20(25)23-16-10-18(14-5-7-15(22)8-6-14)19(11-16)21(26)24(3)4/h5-9,16,18-19H,10-11H2,1-4H3,(H,23,25)/t16-,18+,19-/m0/s1. The van der Waals surface area contributed by atoms with Gasteiger partial charge in [0.25, 0.3) is 5.91 Å². The topological polar surface area (TPSA) is 62.6 Å². The fraction of sp³-hybridized carbons (Fsp3) is 0.429. The summed E-state index contributed by atoms with van der Waals surface area (Å²) >= 11 is 0. The third-order valence-electron chi connectivity index (χ3n) is 5.24. The number of aryl methyl sites for hydroxylation is 2. The Labute approximate surface area is 158 Å². The van der Waals surface area contributed by atoms with Crippen molar-refractivity contribution in [3.63, 3.8) is 0 Å². The second-order valence-electron chi connectivity index (χ2n) is 7.47. The molecule has 3 atom stereocenters. The van der Waals surface area contributed by atoms with E-state index < -0.39 is 0 Å². The molecule has 0 saturated heterocycles. The van der Waals surface area contributed by atoms with Crippen LogP contribution in [0, 0.1) is 25.6 Å². The highest BCUT2D eigenvalue weighted by molar-refractivity contribution is 5.95. The number of furan rings is 1. The molecule has 5 nitrogen and oxygen atoms in total. The van der Waals surface area contributed by atoms with Crippen molar-refractivity contribution < 1.29 is 18.4 Å². The molecule has 1 saturated carbocycles. The average molecular weight is 372 g/mol. The van der Waals surface area contributed by atoms with E-state index in [0.29, 0.717) is 29.9 Å². The van der Waals surface area contributed by atoms with Gasteiger partial charge in [-0.15, -0.1) is 0 Å². The SMILES string of the molecule is Cc1cc(C(=O)N[C@@H]2C[C@H](C(=O)N(C)C)[C@@H](c3ccc(F)cc3)C2)c(C)o1. The van der Waals surface area contributed by atoms with Gasteiger partial charge in [-0.1, -0.05) is 12.1 Å². The number of amides is 2. The van der Waals surface area contributed by atoms with Crippen LogP contribution in [0.15, 0.2) is 34.7 Å². The zero-order valence-electron chi connectivity index (χ0n) is 16.1. The molecule has 0 spiro atoms. The molecule has 1 aliphatic carbocycles. The Morgan fingerprint density at radius 2 is 1.81 bits per heavy atom. The molecule has 2 amide bonds. The van der Waals surface area contributed by atoms with Crippen LogP contribution in [0.4, 0.5) is 4.39 Å². The fourth-order valence-electron chi connectivity index (χ4n) is 3.96. The van der Waals surface area contributed by atoms with E-state index in [2.05, 4.69) is 5.32 Å². The second kappa shape index (κ2) is 7.55. The lowest BCUT2D eigenvalue weighted by Gasteiger charge is -2.22. The number of carbonyl (C=O) groups excluding carboxylic acids is 2. The fourth-order valence-corrected chi connectivity index (χ4v) is 3.96. The molecule has 1 aromatic carbocycles. The number of nitrogens with zero attached hydrogens (tertiary/aromatic N) is 1. The van der Waals surface area contributed by atoms with Gasteiger partial charge in [-0.2, -0.15) is 0 Å². The van der Waals surface area contributed by atoms with Crippen LogP contribution in [0.3, 0.4) is 0 Å². The lowest BCUT2D eigenvalue weighted by molar-refractivity contribution is -0.133. The minimum absolute atomic E-state index is 0.0245. The molecule has 1 aliphatic rings. The van der Waals surface area contributed by atoms with Crippen molar-refractivity contribution in [2.24, 2.45) is 5.92 Å². The molecule has 1 aromatic heterocycles. The van der Waals surface area contributed by atoms with E-state index in [1.54, 1.807) is 51.0 Å². The van der Waals surface area contributed by atoms with Gasteiger partial charge in [0.05, 0.1) is 5.56 Å². The van der Waals surface area contributed by atoms with Gasteiger partial charge >= 0.3 is 0 Å². The van der Waals surface area contributed by atoms with Gasteiger partial charge < -0.3 is 14.6 Å². The lowest BCUT2D eigenvalue weighted by Crippen LogP contribution is -2.34. The van der Waals surface area contributed by atoms with Crippen LogP contribution in [-0.2, 0) is 4.79 Å². The van der Waals surface area contributed by atoms with Gasteiger partial charge in [0.2, 0.25) is 5.91 Å². The molecule has 6 heteroatoms. The number of carbonyl (C=O) groups is 2. The van der Waals surface area contributed by atoms with Crippen molar-refractivity contribution in [2.75, 3.05) is 14.1 Å². The molecule has 144 valence electrons. The Bertz CT molecular complexity index is 842. The van der Waals surface area contributed by atoms with E-state index in [0.717, 1.165) is 5.56 Å². The van der Waals surface area contributed by atoms with Crippen LogP contribution in [0.5, 0.6) is 0 Å². The molecule has 0 unspecified atom stereocenters. The quantitative estimate of drug-likeness (QED) is 0.895. The number of hydrogen-bond donors (Lipinski definition) is 1. The van der Waals surface area contributed by atoms with Crippen LogP contribution in [0.1, 0.15) is 46.2 Å². The first-order valence-electron chi connectivity index (χ1n) is 9.10. The Hall–Kier alpha value is -2.63. The van der Waals surface area contributed by atoms with E-state index >= 15 is 0 Å². The number of benzene rings is 1. The van der Waals surface area contributed by atoms with Crippen molar-refractivity contribution in [3.8, 4) is 0 Å². The highest BCUT2D eigenvalue weighted by Crippen LogP contribution is 2.41. The Morgan fingerprint density at radius 3 is 2.37 bits per heavy atom. The van der Waals surface area contributed by atoms with Crippen LogP contribution < -0.4 is 5.32 Å². The molecule has 0 bridgehead atoms. The van der Waals surface area contributed by atoms with Crippen molar-refractivity contribution in [1.29, 1.82) is 0 Å². The maximum Gasteiger partial charge on any atom is 0.255 e. The van der Waals surface area contributed by atoms with E-state index in [1.807, 2.05) is 0 Å². The third kappa shape index (κ3) is 4.04. The summed E-state index contributed by atoms with van der Waals surface area (Å²) < 4.78 is 18.7. The van der Waals surface area contributed by atoms with Gasteiger partial charge in [-0.3, -0.25) is 9.59 Å². The zero-order chi connectivity index (χ0) is 19.7. The maximum absolute atomic E-state index is 13.3. The van der Waals surface area contributed by atoms with E-state index in [4.69, 9.17) is 4.42 Å². The summed E-state index contributed by atoms with van der Waals surface area (Å²) in [7, 11) is 3.46. The minimum Gasteiger partial charge on any atom is -0.466 e. The van der Waals surface area contributed by atoms with Crippen LogP contribution in [-0.4, -0.2) is 36.9 Å². The van der Waals surface area contributed by atoms with Crippen LogP contribution in [0.2, 0.25) is 0 Å². The largest absolute Gasteiger partial charge is 0.466 e. The molecular weight excluding hydrogens is 347 g/mol. The average Bonchev–Trinajstić information content (AvgIpc) is 3.17. The van der Waals surface area contributed by atoms with Crippen LogP contribution in [0.25, 0.3) is 0 Å². The predicted molar refractivity (Wildman–Crippen MR) is 100.0 cm³/mol. The summed E-state index contributed by atoms with van der Waals surface area (Å²) in [5, 5.41) is 3.04. The van der Waals surface area contributed by atoms with Gasteiger partial charge in [0, 0.05) is 26.1 Å². The third-order valence-corrected chi connectivity index (χ3v) is 5.24. The highest BCUT2D eigenvalue weighted by Gasteiger charge is 2.41. The normalized spacial score (nSPS) is 21.9. The first-order valence-corrected chi connectivity index (χ1v) is 9.10. The summed E-state index contributed by atoms with van der Waals surface area (Å²) in [5.74, 6) is 0.498. The highest BCUT2D eigenvalue weighted by atomic mass is 19.1. The molecular formula is C21H25FN2O3. The van der Waals surface area contributed by atoms with Crippen molar-refractivity contribution in [3.05, 3.63) is 58.8 Å². The molecule has 0 radical (unpaired) electrons. The van der Waals surface area contributed by atoms with Gasteiger partial charge in [0.15, 0.2) is 0 Å². The molecule has 1 N–H and O–H groups in total. The molecule has 2 aromatic rings. The first-order chi connectivity index (χ1) is 12.8. The summed E-state index contributed by atoms with van der Waals surface area (Å²) in [4.78, 5) is 26.9. The Kier molecular flexibility index (Phi) is 5.35. The number of nitrogens with one attached hydrogen (secondary N) is 1. The van der Waals surface area contributed by atoms with Crippen molar-refractivity contribution >= 4 is 11.8 Å². The molecule has 1 fully saturated rings. The van der Waals surface area contributed by atoms with Gasteiger partial charge in [0.1, 0.15) is 17.3 Å². The van der Waals surface area contributed by atoms with E-state index in [9.17, 15) is 14.0 Å². The number of halogens is 1. The predicted octanol–water partition coefficient (Wildman–Crippen LogP) is 3.42. The molecule has 27 heavy (non-hydrogen) atoms. The van der Waals surface area contributed by atoms with Crippen LogP contribution >= 0.6 is 0 Å². The summed E-state index contributed by atoms with van der Waals surface area (Å²) in [6.45, 7) is 3.56. The van der Waals surface area contributed by atoms with Crippen molar-refractivity contribution in [2.45, 2.75) is 38.6 Å². The second-order valence-corrected chi connectivity index (χ2v) is 7.47. The number of rotatable bonds is 4. The van der Waals surface area contributed by atoms with E-state index in [-0.39, 0.29) is 35.5 Å².